The SMILES string of the molecule is CCCN(C1CC1)C(CC)CNC. The van der Waals surface area contributed by atoms with Crippen LogP contribution in [0.2, 0.25) is 0 Å². The number of hydrogen-bond acceptors (Lipinski definition) is 2. The van der Waals surface area contributed by atoms with E-state index >= 15 is 0 Å². The molecule has 0 aromatic heterocycles. The van der Waals surface area contributed by atoms with Gasteiger partial charge in [0.1, 0.15) is 0 Å². The summed E-state index contributed by atoms with van der Waals surface area (Å²) < 4.78 is 0. The molecular weight excluding hydrogens is 160 g/mol. The molecule has 1 aliphatic carbocycles. The molecular formula is C11H24N2. The first-order valence-electron chi connectivity index (χ1n) is 5.73. The van der Waals surface area contributed by atoms with E-state index in [1.807, 2.05) is 0 Å². The van der Waals surface area contributed by atoms with E-state index in [1.165, 1.54) is 32.2 Å². The molecule has 0 spiro atoms. The molecule has 0 heterocycles. The molecule has 1 atom stereocenters. The van der Waals surface area contributed by atoms with Crippen LogP contribution in [0.5, 0.6) is 0 Å². The van der Waals surface area contributed by atoms with Gasteiger partial charge >= 0.3 is 0 Å². The Morgan fingerprint density at radius 3 is 2.46 bits per heavy atom. The smallest absolute Gasteiger partial charge is 0.0220 e. The standard InChI is InChI=1S/C11H24N2/c1-4-8-13(11-6-7-11)10(5-2)9-12-3/h10-12H,4-9H2,1-3H3. The Labute approximate surface area is 82.7 Å². The Balaban J connectivity index is 2.38. The number of nitrogens with zero attached hydrogens (tertiary/aromatic N) is 1. The summed E-state index contributed by atoms with van der Waals surface area (Å²) in [5, 5.41) is 3.30. The van der Waals surface area contributed by atoms with Crippen molar-refractivity contribution < 1.29 is 0 Å². The van der Waals surface area contributed by atoms with Crippen LogP contribution in [0.4, 0.5) is 0 Å². The highest BCUT2D eigenvalue weighted by atomic mass is 15.2. The largest absolute Gasteiger partial charge is 0.318 e. The number of hydrogen-bond donors (Lipinski definition) is 1. The first-order valence-corrected chi connectivity index (χ1v) is 5.73. The molecule has 0 amide bonds. The van der Waals surface area contributed by atoms with Crippen LogP contribution in [-0.4, -0.2) is 37.1 Å². The Hall–Kier alpha value is -0.0800. The third-order valence-corrected chi connectivity index (χ3v) is 2.88. The van der Waals surface area contributed by atoms with Gasteiger partial charge in [-0.2, -0.15) is 0 Å². The molecule has 1 saturated carbocycles. The molecule has 0 aromatic carbocycles. The lowest BCUT2D eigenvalue weighted by molar-refractivity contribution is 0.179. The van der Waals surface area contributed by atoms with Crippen LogP contribution in [-0.2, 0) is 0 Å². The van der Waals surface area contributed by atoms with Gasteiger partial charge in [-0.05, 0) is 39.3 Å². The van der Waals surface area contributed by atoms with Gasteiger partial charge in [0.2, 0.25) is 0 Å². The number of likely N-dealkylation sites (N-methyl/N-ethyl adjacent to an activating group) is 1. The summed E-state index contributed by atoms with van der Waals surface area (Å²) in [6.45, 7) is 7.01. The second-order valence-corrected chi connectivity index (χ2v) is 4.09. The van der Waals surface area contributed by atoms with Gasteiger partial charge in [-0.25, -0.2) is 0 Å². The molecule has 0 saturated heterocycles. The minimum atomic E-state index is 0.762. The average molecular weight is 184 g/mol. The summed E-state index contributed by atoms with van der Waals surface area (Å²) in [6, 6.07) is 1.68. The summed E-state index contributed by atoms with van der Waals surface area (Å²) in [6.07, 6.45) is 5.43. The topological polar surface area (TPSA) is 15.3 Å². The van der Waals surface area contributed by atoms with Crippen molar-refractivity contribution in [1.82, 2.24) is 10.2 Å². The van der Waals surface area contributed by atoms with Gasteiger partial charge in [0.05, 0.1) is 0 Å². The normalized spacial score (nSPS) is 19.4. The lowest BCUT2D eigenvalue weighted by Crippen LogP contribution is -2.43. The van der Waals surface area contributed by atoms with Crippen molar-refractivity contribution in [3.63, 3.8) is 0 Å². The van der Waals surface area contributed by atoms with Crippen LogP contribution < -0.4 is 5.32 Å². The fourth-order valence-electron chi connectivity index (χ4n) is 2.06. The fourth-order valence-corrected chi connectivity index (χ4v) is 2.06. The maximum absolute atomic E-state index is 3.30. The monoisotopic (exact) mass is 184 g/mol. The quantitative estimate of drug-likeness (QED) is 0.649. The summed E-state index contributed by atoms with van der Waals surface area (Å²) >= 11 is 0. The molecule has 0 radical (unpaired) electrons. The maximum atomic E-state index is 3.30. The van der Waals surface area contributed by atoms with E-state index in [0.717, 1.165) is 18.6 Å². The maximum Gasteiger partial charge on any atom is 0.0220 e. The van der Waals surface area contributed by atoms with Gasteiger partial charge < -0.3 is 5.32 Å². The van der Waals surface area contributed by atoms with Crippen molar-refractivity contribution >= 4 is 0 Å². The van der Waals surface area contributed by atoms with Crippen LogP contribution in [0.15, 0.2) is 0 Å². The zero-order valence-corrected chi connectivity index (χ0v) is 9.34. The van der Waals surface area contributed by atoms with E-state index in [4.69, 9.17) is 0 Å². The van der Waals surface area contributed by atoms with Crippen LogP contribution in [0, 0.1) is 0 Å². The predicted molar refractivity (Wildman–Crippen MR) is 58.0 cm³/mol. The average Bonchev–Trinajstić information content (AvgIpc) is 2.94. The Kier molecular flexibility index (Phi) is 4.74. The van der Waals surface area contributed by atoms with Crippen LogP contribution >= 0.6 is 0 Å². The lowest BCUT2D eigenvalue weighted by Gasteiger charge is -2.30. The molecule has 2 heteroatoms. The van der Waals surface area contributed by atoms with E-state index in [9.17, 15) is 0 Å². The molecule has 78 valence electrons. The van der Waals surface area contributed by atoms with Gasteiger partial charge in [0.15, 0.2) is 0 Å². The molecule has 1 rings (SSSR count). The highest BCUT2D eigenvalue weighted by molar-refractivity contribution is 4.88. The van der Waals surface area contributed by atoms with E-state index in [2.05, 4.69) is 31.1 Å². The van der Waals surface area contributed by atoms with Gasteiger partial charge in [-0.1, -0.05) is 13.8 Å². The molecule has 2 nitrogen and oxygen atoms in total. The Morgan fingerprint density at radius 1 is 1.38 bits per heavy atom. The van der Waals surface area contributed by atoms with E-state index in [1.54, 1.807) is 0 Å². The molecule has 1 N–H and O–H groups in total. The van der Waals surface area contributed by atoms with Gasteiger partial charge in [0, 0.05) is 18.6 Å². The second kappa shape index (κ2) is 5.61. The molecule has 0 bridgehead atoms. The second-order valence-electron chi connectivity index (χ2n) is 4.09. The van der Waals surface area contributed by atoms with Crippen molar-refractivity contribution in [1.29, 1.82) is 0 Å². The van der Waals surface area contributed by atoms with Crippen LogP contribution in [0.25, 0.3) is 0 Å². The minimum Gasteiger partial charge on any atom is -0.318 e. The van der Waals surface area contributed by atoms with Crippen molar-refractivity contribution in [2.75, 3.05) is 20.1 Å². The van der Waals surface area contributed by atoms with Crippen LogP contribution in [0.1, 0.15) is 39.5 Å². The molecule has 1 aliphatic rings. The first kappa shape index (κ1) is 11.0. The molecule has 0 aromatic rings. The third-order valence-electron chi connectivity index (χ3n) is 2.88. The molecule has 0 aliphatic heterocycles. The summed E-state index contributed by atoms with van der Waals surface area (Å²) in [7, 11) is 2.06. The van der Waals surface area contributed by atoms with E-state index < -0.39 is 0 Å². The van der Waals surface area contributed by atoms with E-state index in [-0.39, 0.29) is 0 Å². The highest BCUT2D eigenvalue weighted by Crippen LogP contribution is 2.29. The van der Waals surface area contributed by atoms with Crippen molar-refractivity contribution in [2.45, 2.75) is 51.6 Å². The Bertz CT molecular complexity index is 132. The zero-order chi connectivity index (χ0) is 9.68. The molecule has 1 fully saturated rings. The minimum absolute atomic E-state index is 0.762. The molecule has 1 unspecified atom stereocenters. The predicted octanol–water partition coefficient (Wildman–Crippen LogP) is 1.86. The summed E-state index contributed by atoms with van der Waals surface area (Å²) in [4.78, 5) is 2.70. The van der Waals surface area contributed by atoms with Crippen LogP contribution in [0.3, 0.4) is 0 Å². The van der Waals surface area contributed by atoms with Gasteiger partial charge in [0.25, 0.3) is 0 Å². The molecule has 13 heavy (non-hydrogen) atoms. The zero-order valence-electron chi connectivity index (χ0n) is 9.34. The number of nitrogens with one attached hydrogen (secondary N) is 1. The lowest BCUT2D eigenvalue weighted by atomic mass is 10.1. The fraction of sp³-hybridized carbons (Fsp3) is 1.00. The first-order chi connectivity index (χ1) is 6.33. The van der Waals surface area contributed by atoms with Crippen molar-refractivity contribution in [3.8, 4) is 0 Å². The summed E-state index contributed by atoms with van der Waals surface area (Å²) in [5.41, 5.74) is 0. The van der Waals surface area contributed by atoms with Gasteiger partial charge in [-0.15, -0.1) is 0 Å². The third kappa shape index (κ3) is 3.28. The summed E-state index contributed by atoms with van der Waals surface area (Å²) in [5.74, 6) is 0. The highest BCUT2D eigenvalue weighted by Gasteiger charge is 2.31. The van der Waals surface area contributed by atoms with E-state index in [0.29, 0.717) is 0 Å². The van der Waals surface area contributed by atoms with Gasteiger partial charge in [-0.3, -0.25) is 4.90 Å². The Morgan fingerprint density at radius 2 is 2.08 bits per heavy atom. The number of rotatable bonds is 7. The van der Waals surface area contributed by atoms with Crippen molar-refractivity contribution in [2.24, 2.45) is 0 Å². The van der Waals surface area contributed by atoms with Crippen molar-refractivity contribution in [3.05, 3.63) is 0 Å².